The van der Waals surface area contributed by atoms with E-state index in [1.807, 2.05) is 0 Å². The number of ketones is 1. The average molecular weight is 134 g/mol. The highest BCUT2D eigenvalue weighted by atomic mass is 16.1. The molecular formula is C9H10O. The zero-order chi connectivity index (χ0) is 6.72. The maximum atomic E-state index is 11.1. The molecule has 4 atom stereocenters. The Hall–Kier alpha value is -0.590. The van der Waals surface area contributed by atoms with Gasteiger partial charge >= 0.3 is 0 Å². The van der Waals surface area contributed by atoms with E-state index in [0.29, 0.717) is 17.6 Å². The molecule has 0 heterocycles. The molecular weight excluding hydrogens is 124 g/mol. The van der Waals surface area contributed by atoms with Crippen LogP contribution < -0.4 is 0 Å². The van der Waals surface area contributed by atoms with Gasteiger partial charge in [0, 0.05) is 12.3 Å². The maximum absolute atomic E-state index is 11.1. The Balaban J connectivity index is 2.03. The molecule has 0 aromatic carbocycles. The fraction of sp³-hybridized carbons (Fsp3) is 0.667. The van der Waals surface area contributed by atoms with Crippen molar-refractivity contribution in [2.45, 2.75) is 12.8 Å². The number of hydrogen-bond acceptors (Lipinski definition) is 1. The first-order chi connectivity index (χ1) is 4.86. The lowest BCUT2D eigenvalue weighted by atomic mass is 9.67. The van der Waals surface area contributed by atoms with E-state index in [1.54, 1.807) is 0 Å². The summed E-state index contributed by atoms with van der Waals surface area (Å²) in [6.07, 6.45) is 6.73. The summed E-state index contributed by atoms with van der Waals surface area (Å²) in [4.78, 5) is 11.1. The first-order valence-electron chi connectivity index (χ1n) is 4.07. The quantitative estimate of drug-likeness (QED) is 0.458. The highest BCUT2D eigenvalue weighted by Gasteiger charge is 2.54. The molecule has 3 rings (SSSR count). The van der Waals surface area contributed by atoms with Crippen molar-refractivity contribution in [2.75, 3.05) is 0 Å². The van der Waals surface area contributed by atoms with Crippen LogP contribution in [0.2, 0.25) is 0 Å². The van der Waals surface area contributed by atoms with Crippen LogP contribution in [-0.2, 0) is 4.79 Å². The number of carbonyl (C=O) groups is 1. The fourth-order valence-corrected chi connectivity index (χ4v) is 2.89. The third kappa shape index (κ3) is 0.377. The summed E-state index contributed by atoms with van der Waals surface area (Å²) in [5, 5.41) is 0. The van der Waals surface area contributed by atoms with Crippen LogP contribution in [0, 0.1) is 23.7 Å². The van der Waals surface area contributed by atoms with Gasteiger partial charge in [0.15, 0.2) is 0 Å². The van der Waals surface area contributed by atoms with Crippen LogP contribution >= 0.6 is 0 Å². The maximum Gasteiger partial charge on any atom is 0.137 e. The van der Waals surface area contributed by atoms with Crippen LogP contribution in [0.5, 0.6) is 0 Å². The molecule has 0 radical (unpaired) electrons. The van der Waals surface area contributed by atoms with Gasteiger partial charge in [0.25, 0.3) is 0 Å². The molecule has 2 fully saturated rings. The van der Waals surface area contributed by atoms with Crippen LogP contribution in [0.25, 0.3) is 0 Å². The van der Waals surface area contributed by atoms with Crippen molar-refractivity contribution in [1.82, 2.24) is 0 Å². The van der Waals surface area contributed by atoms with E-state index in [4.69, 9.17) is 0 Å². The van der Waals surface area contributed by atoms with Gasteiger partial charge in [-0.2, -0.15) is 0 Å². The number of Topliss-reactive ketones (excluding diaryl/α,β-unsaturated/α-hetero) is 1. The molecule has 2 saturated carbocycles. The Morgan fingerprint density at radius 3 is 2.70 bits per heavy atom. The molecule has 3 aliphatic carbocycles. The Kier molecular flexibility index (Phi) is 0.697. The minimum Gasteiger partial charge on any atom is -0.299 e. The molecule has 0 aromatic rings. The Morgan fingerprint density at radius 2 is 2.10 bits per heavy atom. The van der Waals surface area contributed by atoms with Crippen molar-refractivity contribution >= 4 is 5.78 Å². The highest BCUT2D eigenvalue weighted by molar-refractivity contribution is 5.89. The SMILES string of the molecule is O=C1CC2C1[C@@H]1C=C[C@H]2C1. The fourth-order valence-electron chi connectivity index (χ4n) is 2.89. The third-order valence-corrected chi connectivity index (χ3v) is 3.43. The molecule has 0 aromatic heterocycles. The minimum atomic E-state index is 0.468. The Labute approximate surface area is 60.1 Å². The zero-order valence-corrected chi connectivity index (χ0v) is 5.79. The molecule has 1 heteroatoms. The van der Waals surface area contributed by atoms with Gasteiger partial charge in [-0.3, -0.25) is 4.79 Å². The average Bonchev–Trinajstić information content (AvgIpc) is 2.40. The predicted molar refractivity (Wildman–Crippen MR) is 37.3 cm³/mol. The summed E-state index contributed by atoms with van der Waals surface area (Å²) in [7, 11) is 0. The lowest BCUT2D eigenvalue weighted by molar-refractivity contribution is -0.134. The summed E-state index contributed by atoms with van der Waals surface area (Å²) >= 11 is 0. The van der Waals surface area contributed by atoms with Gasteiger partial charge < -0.3 is 0 Å². The van der Waals surface area contributed by atoms with Gasteiger partial charge in [-0.05, 0) is 24.2 Å². The summed E-state index contributed by atoms with van der Waals surface area (Å²) in [6.45, 7) is 0. The summed E-state index contributed by atoms with van der Waals surface area (Å²) < 4.78 is 0. The number of fused-ring (bicyclic) bond motifs is 5. The van der Waals surface area contributed by atoms with Gasteiger partial charge in [0.2, 0.25) is 0 Å². The normalized spacial score (nSPS) is 55.0. The van der Waals surface area contributed by atoms with Gasteiger partial charge in [-0.25, -0.2) is 0 Å². The van der Waals surface area contributed by atoms with Gasteiger partial charge in [-0.1, -0.05) is 12.2 Å². The van der Waals surface area contributed by atoms with Crippen LogP contribution in [0.15, 0.2) is 12.2 Å². The molecule has 1 nitrogen and oxygen atoms in total. The molecule has 0 spiro atoms. The first kappa shape index (κ1) is 5.11. The van der Waals surface area contributed by atoms with Crippen molar-refractivity contribution in [3.05, 3.63) is 12.2 Å². The monoisotopic (exact) mass is 134 g/mol. The van der Waals surface area contributed by atoms with E-state index in [2.05, 4.69) is 12.2 Å². The van der Waals surface area contributed by atoms with Gasteiger partial charge in [0.1, 0.15) is 5.78 Å². The second-order valence-corrected chi connectivity index (χ2v) is 3.81. The first-order valence-corrected chi connectivity index (χ1v) is 4.07. The van der Waals surface area contributed by atoms with Crippen molar-refractivity contribution in [3.63, 3.8) is 0 Å². The molecule has 0 aliphatic heterocycles. The Morgan fingerprint density at radius 1 is 1.30 bits per heavy atom. The number of carbonyl (C=O) groups excluding carboxylic acids is 1. The smallest absolute Gasteiger partial charge is 0.137 e. The molecule has 2 unspecified atom stereocenters. The molecule has 0 amide bonds. The van der Waals surface area contributed by atoms with E-state index < -0.39 is 0 Å². The Bertz CT molecular complexity index is 229. The van der Waals surface area contributed by atoms with E-state index in [-0.39, 0.29) is 0 Å². The number of rotatable bonds is 0. The topological polar surface area (TPSA) is 17.1 Å². The third-order valence-electron chi connectivity index (χ3n) is 3.43. The van der Waals surface area contributed by atoms with Gasteiger partial charge in [0.05, 0.1) is 0 Å². The highest BCUT2D eigenvalue weighted by Crippen LogP contribution is 2.55. The van der Waals surface area contributed by atoms with Crippen molar-refractivity contribution in [2.24, 2.45) is 23.7 Å². The molecule has 3 aliphatic rings. The lowest BCUT2D eigenvalue weighted by Crippen LogP contribution is -2.39. The molecule has 52 valence electrons. The van der Waals surface area contributed by atoms with Crippen molar-refractivity contribution in [1.29, 1.82) is 0 Å². The van der Waals surface area contributed by atoms with E-state index in [9.17, 15) is 4.79 Å². The summed E-state index contributed by atoms with van der Waals surface area (Å²) in [6, 6.07) is 0. The standard InChI is InChI=1S/C9H10O/c10-8-4-7-5-1-2-6(3-5)9(7)8/h1-2,5-7,9H,3-4H2/t5-,6+,7?,9?/m0/s1. The van der Waals surface area contributed by atoms with E-state index >= 15 is 0 Å². The lowest BCUT2D eigenvalue weighted by Gasteiger charge is -2.35. The molecule has 10 heavy (non-hydrogen) atoms. The summed E-state index contributed by atoms with van der Waals surface area (Å²) in [5.41, 5.74) is 0. The van der Waals surface area contributed by atoms with E-state index in [1.165, 1.54) is 6.42 Å². The number of allylic oxidation sites excluding steroid dienone is 2. The van der Waals surface area contributed by atoms with Crippen LogP contribution in [0.1, 0.15) is 12.8 Å². The zero-order valence-electron chi connectivity index (χ0n) is 5.79. The predicted octanol–water partition coefficient (Wildman–Crippen LogP) is 1.40. The second-order valence-electron chi connectivity index (χ2n) is 3.81. The second kappa shape index (κ2) is 1.36. The number of hydrogen-bond donors (Lipinski definition) is 0. The van der Waals surface area contributed by atoms with E-state index in [0.717, 1.165) is 18.3 Å². The largest absolute Gasteiger partial charge is 0.299 e. The molecule has 0 N–H and O–H groups in total. The molecule has 0 saturated heterocycles. The van der Waals surface area contributed by atoms with Crippen molar-refractivity contribution in [3.8, 4) is 0 Å². The van der Waals surface area contributed by atoms with Crippen LogP contribution in [0.4, 0.5) is 0 Å². The van der Waals surface area contributed by atoms with Gasteiger partial charge in [-0.15, -0.1) is 0 Å². The minimum absolute atomic E-state index is 0.468. The van der Waals surface area contributed by atoms with Crippen LogP contribution in [-0.4, -0.2) is 5.78 Å². The summed E-state index contributed by atoms with van der Waals surface area (Å²) in [5.74, 6) is 3.20. The van der Waals surface area contributed by atoms with Crippen molar-refractivity contribution < 1.29 is 4.79 Å². The molecule has 2 bridgehead atoms. The van der Waals surface area contributed by atoms with Crippen LogP contribution in [0.3, 0.4) is 0 Å².